The molecule has 8 nitrogen and oxygen atoms in total. The first-order valence-corrected chi connectivity index (χ1v) is 11.0. The van der Waals surface area contributed by atoms with E-state index in [-0.39, 0.29) is 24.7 Å². The maximum atomic E-state index is 12.9. The third-order valence-electron chi connectivity index (χ3n) is 4.75. The second kappa shape index (κ2) is 9.17. The zero-order valence-corrected chi connectivity index (χ0v) is 18.9. The Labute approximate surface area is 188 Å². The Morgan fingerprint density at radius 1 is 1.23 bits per heavy atom. The Morgan fingerprint density at radius 2 is 2.00 bits per heavy atom. The van der Waals surface area contributed by atoms with E-state index in [0.29, 0.717) is 17.4 Å². The van der Waals surface area contributed by atoms with Crippen LogP contribution >= 0.6 is 22.9 Å². The highest BCUT2D eigenvalue weighted by Crippen LogP contribution is 2.31. The van der Waals surface area contributed by atoms with Crippen LogP contribution in [0, 0.1) is 6.92 Å². The van der Waals surface area contributed by atoms with E-state index >= 15 is 0 Å². The summed E-state index contributed by atoms with van der Waals surface area (Å²) in [6, 6.07) is 1.72. The van der Waals surface area contributed by atoms with E-state index < -0.39 is 0 Å². The average Bonchev–Trinajstić information content (AvgIpc) is 3.37. The van der Waals surface area contributed by atoms with Gasteiger partial charge in [0.25, 0.3) is 0 Å². The number of fused-ring (bicyclic) bond motifs is 1. The third-order valence-corrected chi connectivity index (χ3v) is 5.91. The van der Waals surface area contributed by atoms with Crippen molar-refractivity contribution in [2.75, 3.05) is 6.61 Å². The fraction of sp³-hybridized carbons (Fsp3) is 0.333. The first-order valence-electron chi connectivity index (χ1n) is 9.85. The maximum Gasteiger partial charge on any atom is 0.193 e. The Bertz CT molecular complexity index is 1220. The molecule has 4 aromatic rings. The summed E-state index contributed by atoms with van der Waals surface area (Å²) in [5.41, 5.74) is 3.30. The average molecular weight is 457 g/mol. The quantitative estimate of drug-likeness (QED) is 0.394. The Hall–Kier alpha value is -2.75. The molecule has 4 aromatic heterocycles. The number of Topliss-reactive ketones (excluding diaryl/α,β-unsaturated/α-hetero) is 1. The number of hydrogen-bond acceptors (Lipinski definition) is 8. The van der Waals surface area contributed by atoms with E-state index in [0.717, 1.165) is 32.0 Å². The lowest BCUT2D eigenvalue weighted by Gasteiger charge is -2.16. The highest BCUT2D eigenvalue weighted by atomic mass is 35.5. The molecule has 160 valence electrons. The number of halogens is 1. The molecule has 0 aromatic carbocycles. The predicted octanol–water partition coefficient (Wildman–Crippen LogP) is 4.08. The van der Waals surface area contributed by atoms with Gasteiger partial charge < -0.3 is 4.74 Å². The number of carbonyl (C=O) groups is 1. The summed E-state index contributed by atoms with van der Waals surface area (Å²) in [6.07, 6.45) is 6.73. The van der Waals surface area contributed by atoms with Crippen molar-refractivity contribution in [2.45, 2.75) is 39.7 Å². The number of hydrogen-bond donors (Lipinski definition) is 0. The van der Waals surface area contributed by atoms with Crippen LogP contribution in [0.4, 0.5) is 0 Å². The number of aryl methyl sites for hydroxylation is 1. The number of rotatable bonds is 8. The molecule has 0 radical (unpaired) electrons. The van der Waals surface area contributed by atoms with Crippen LogP contribution in [-0.2, 0) is 22.4 Å². The molecule has 4 rings (SSSR count). The number of thiazole rings is 1. The van der Waals surface area contributed by atoms with Crippen molar-refractivity contribution in [3.05, 3.63) is 57.6 Å². The molecule has 1 unspecified atom stereocenters. The van der Waals surface area contributed by atoms with Crippen molar-refractivity contribution in [1.82, 2.24) is 29.9 Å². The predicted molar refractivity (Wildman–Crippen MR) is 119 cm³/mol. The molecular formula is C21H21ClN6O2S. The highest BCUT2D eigenvalue weighted by Gasteiger charge is 2.21. The summed E-state index contributed by atoms with van der Waals surface area (Å²) in [6.45, 7) is 6.45. The minimum absolute atomic E-state index is 0.0286. The van der Waals surface area contributed by atoms with Crippen molar-refractivity contribution in [3.63, 3.8) is 0 Å². The van der Waals surface area contributed by atoms with Crippen LogP contribution in [0.3, 0.4) is 0 Å². The van der Waals surface area contributed by atoms with E-state index in [1.807, 2.05) is 20.8 Å². The van der Waals surface area contributed by atoms with Crippen molar-refractivity contribution in [2.24, 2.45) is 0 Å². The molecule has 1 atom stereocenters. The molecule has 10 heteroatoms. The molecule has 0 saturated heterocycles. The Morgan fingerprint density at radius 3 is 2.71 bits per heavy atom. The lowest BCUT2D eigenvalue weighted by molar-refractivity contribution is -0.117. The van der Waals surface area contributed by atoms with Gasteiger partial charge in [-0.1, -0.05) is 22.9 Å². The van der Waals surface area contributed by atoms with Gasteiger partial charge in [-0.3, -0.25) is 4.79 Å². The number of aromatic nitrogens is 6. The summed E-state index contributed by atoms with van der Waals surface area (Å²) >= 11 is 7.86. The van der Waals surface area contributed by atoms with E-state index in [1.54, 1.807) is 30.9 Å². The van der Waals surface area contributed by atoms with Crippen LogP contribution in [0.5, 0.6) is 0 Å². The van der Waals surface area contributed by atoms with Crippen molar-refractivity contribution in [3.8, 4) is 5.82 Å². The van der Waals surface area contributed by atoms with E-state index in [9.17, 15) is 4.79 Å². The van der Waals surface area contributed by atoms with Crippen molar-refractivity contribution in [1.29, 1.82) is 0 Å². The number of nitrogens with zero attached hydrogens (tertiary/aromatic N) is 6. The molecule has 4 heterocycles. The summed E-state index contributed by atoms with van der Waals surface area (Å²) in [5, 5.41) is 9.38. The minimum Gasteiger partial charge on any atom is -0.374 e. The van der Waals surface area contributed by atoms with Gasteiger partial charge in [0, 0.05) is 37.4 Å². The second-order valence-electron chi connectivity index (χ2n) is 7.04. The van der Waals surface area contributed by atoms with Gasteiger partial charge in [0.1, 0.15) is 16.1 Å². The molecule has 0 aliphatic heterocycles. The molecule has 31 heavy (non-hydrogen) atoms. The number of ether oxygens (including phenoxy) is 1. The summed E-state index contributed by atoms with van der Waals surface area (Å²) in [7, 11) is 0. The molecule has 0 aliphatic carbocycles. The van der Waals surface area contributed by atoms with Gasteiger partial charge in [-0.05, 0) is 38.0 Å². The highest BCUT2D eigenvalue weighted by molar-refractivity contribution is 7.18. The SMILES string of the molecule is CCOC(C)c1c(CC(=O)Cc2cnc(-n3nccn3)c(Cl)c2)cnc2sc(C)nc12. The first kappa shape index (κ1) is 21.5. The van der Waals surface area contributed by atoms with Crippen LogP contribution in [0.15, 0.2) is 30.9 Å². The summed E-state index contributed by atoms with van der Waals surface area (Å²) in [5.74, 6) is 0.449. The van der Waals surface area contributed by atoms with Gasteiger partial charge in [0.15, 0.2) is 5.82 Å². The molecule has 0 bridgehead atoms. The van der Waals surface area contributed by atoms with Gasteiger partial charge in [-0.2, -0.15) is 10.2 Å². The number of carbonyl (C=O) groups excluding carboxylic acids is 1. The fourth-order valence-corrected chi connectivity index (χ4v) is 4.55. The van der Waals surface area contributed by atoms with Crippen LogP contribution < -0.4 is 0 Å². The normalized spacial score (nSPS) is 12.4. The first-order chi connectivity index (χ1) is 15.0. The largest absolute Gasteiger partial charge is 0.374 e. The van der Waals surface area contributed by atoms with Gasteiger partial charge in [0.2, 0.25) is 0 Å². The van der Waals surface area contributed by atoms with Gasteiger partial charge >= 0.3 is 0 Å². The zero-order chi connectivity index (χ0) is 22.0. The molecular weight excluding hydrogens is 436 g/mol. The zero-order valence-electron chi connectivity index (χ0n) is 17.4. The molecule has 0 spiro atoms. The topological polar surface area (TPSA) is 95.7 Å². The molecule has 0 amide bonds. The van der Waals surface area contributed by atoms with Crippen LogP contribution in [0.1, 0.15) is 41.6 Å². The smallest absolute Gasteiger partial charge is 0.193 e. The lowest BCUT2D eigenvalue weighted by atomic mass is 9.98. The summed E-state index contributed by atoms with van der Waals surface area (Å²) < 4.78 is 5.83. The maximum absolute atomic E-state index is 12.9. The molecule has 0 fully saturated rings. The van der Waals surface area contributed by atoms with E-state index in [4.69, 9.17) is 16.3 Å². The molecule has 0 N–H and O–H groups in total. The molecule has 0 saturated carbocycles. The summed E-state index contributed by atoms with van der Waals surface area (Å²) in [4.78, 5) is 28.6. The second-order valence-corrected chi connectivity index (χ2v) is 8.63. The third kappa shape index (κ3) is 4.63. The van der Waals surface area contributed by atoms with Gasteiger partial charge in [0.05, 0.1) is 28.5 Å². The van der Waals surface area contributed by atoms with Gasteiger partial charge in [-0.25, -0.2) is 15.0 Å². The van der Waals surface area contributed by atoms with Crippen LogP contribution in [0.25, 0.3) is 16.2 Å². The number of ketones is 1. The monoisotopic (exact) mass is 456 g/mol. The number of pyridine rings is 2. The lowest BCUT2D eigenvalue weighted by Crippen LogP contribution is -2.12. The Kier molecular flexibility index (Phi) is 6.35. The van der Waals surface area contributed by atoms with E-state index in [2.05, 4.69) is 25.1 Å². The van der Waals surface area contributed by atoms with Crippen LogP contribution in [0.2, 0.25) is 5.02 Å². The van der Waals surface area contributed by atoms with E-state index in [1.165, 1.54) is 16.1 Å². The molecule has 0 aliphatic rings. The van der Waals surface area contributed by atoms with Gasteiger partial charge in [-0.15, -0.1) is 4.80 Å². The van der Waals surface area contributed by atoms with Crippen LogP contribution in [-0.4, -0.2) is 42.3 Å². The standard InChI is InChI=1S/C21H21ClN6O2S/c1-4-30-12(2)18-15(11-24-21-19(18)27-13(3)31-21)9-16(29)7-14-8-17(22)20(23-10-14)28-25-5-6-26-28/h5-6,8,10-12H,4,7,9H2,1-3H3. The minimum atomic E-state index is -0.184. The van der Waals surface area contributed by atoms with Crippen molar-refractivity contribution < 1.29 is 9.53 Å². The fourth-order valence-electron chi connectivity index (χ4n) is 3.51. The Balaban J connectivity index is 1.57. The van der Waals surface area contributed by atoms with Crippen molar-refractivity contribution >= 4 is 39.1 Å².